The fraction of sp³-hybridized carbons (Fsp3) is 0.750. The molecule has 2 amide bonds. The number of carbonyl (C=O) groups is 2. The summed E-state index contributed by atoms with van der Waals surface area (Å²) in [6, 6.07) is 0.258. The monoisotopic (exact) mass is 201 g/mol. The van der Waals surface area contributed by atoms with Crippen molar-refractivity contribution in [2.24, 2.45) is 5.73 Å². The summed E-state index contributed by atoms with van der Waals surface area (Å²) in [6.45, 7) is 1.83. The van der Waals surface area contributed by atoms with E-state index in [-0.39, 0.29) is 18.0 Å². The van der Waals surface area contributed by atoms with E-state index < -0.39 is 0 Å². The highest BCUT2D eigenvalue weighted by atomic mass is 16.5. The quantitative estimate of drug-likeness (QED) is 0.604. The van der Waals surface area contributed by atoms with Crippen LogP contribution in [0.15, 0.2) is 0 Å². The van der Waals surface area contributed by atoms with Crippen LogP contribution in [0.25, 0.3) is 0 Å². The molecule has 1 rings (SSSR count). The number of methoxy groups -OCH3 is 1. The van der Waals surface area contributed by atoms with Crippen molar-refractivity contribution in [2.45, 2.75) is 12.5 Å². The van der Waals surface area contributed by atoms with E-state index in [9.17, 15) is 9.59 Å². The first-order valence-electron chi connectivity index (χ1n) is 4.48. The van der Waals surface area contributed by atoms with Crippen molar-refractivity contribution in [3.05, 3.63) is 0 Å². The number of carbonyl (C=O) groups excluding carboxylic acids is 2. The number of rotatable bonds is 4. The van der Waals surface area contributed by atoms with E-state index in [1.54, 1.807) is 4.90 Å². The third-order valence-electron chi connectivity index (χ3n) is 2.12. The zero-order valence-corrected chi connectivity index (χ0v) is 8.16. The average Bonchev–Trinajstić information content (AvgIpc) is 2.07. The lowest BCUT2D eigenvalue weighted by molar-refractivity contribution is -0.118. The number of nitrogens with one attached hydrogen (secondary N) is 1. The van der Waals surface area contributed by atoms with Gasteiger partial charge in [-0.05, 0) is 0 Å². The zero-order chi connectivity index (χ0) is 10.6. The van der Waals surface area contributed by atoms with Crippen molar-refractivity contribution >= 4 is 12.0 Å². The third-order valence-corrected chi connectivity index (χ3v) is 2.12. The molecule has 0 aromatic carbocycles. The van der Waals surface area contributed by atoms with E-state index in [1.165, 1.54) is 7.11 Å². The van der Waals surface area contributed by atoms with Crippen molar-refractivity contribution in [2.75, 3.05) is 26.7 Å². The maximum Gasteiger partial charge on any atom is 0.409 e. The summed E-state index contributed by atoms with van der Waals surface area (Å²) in [6.07, 6.45) is 0.0206. The van der Waals surface area contributed by atoms with Crippen LogP contribution in [-0.4, -0.2) is 49.7 Å². The lowest BCUT2D eigenvalue weighted by atomic mass is 10.1. The summed E-state index contributed by atoms with van der Waals surface area (Å²) in [5.74, 6) is -0.318. The zero-order valence-electron chi connectivity index (χ0n) is 8.16. The molecule has 0 aromatic rings. The van der Waals surface area contributed by atoms with Gasteiger partial charge in [0.05, 0.1) is 7.11 Å². The predicted molar refractivity (Wildman–Crippen MR) is 49.6 cm³/mol. The SMILES string of the molecule is COC(=O)N1CC(NCCC(N)=O)C1. The van der Waals surface area contributed by atoms with E-state index in [1.807, 2.05) is 0 Å². The van der Waals surface area contributed by atoms with Crippen LogP contribution in [0, 0.1) is 0 Å². The van der Waals surface area contributed by atoms with Crippen LogP contribution in [-0.2, 0) is 9.53 Å². The molecule has 0 radical (unpaired) electrons. The molecule has 1 aliphatic rings. The van der Waals surface area contributed by atoms with Crippen LogP contribution in [0.3, 0.4) is 0 Å². The number of ether oxygens (including phenoxy) is 1. The molecule has 0 aromatic heterocycles. The Morgan fingerprint density at radius 3 is 2.71 bits per heavy atom. The Bertz CT molecular complexity index is 226. The van der Waals surface area contributed by atoms with Crippen LogP contribution < -0.4 is 11.1 Å². The van der Waals surface area contributed by atoms with Gasteiger partial charge in [-0.25, -0.2) is 4.79 Å². The minimum atomic E-state index is -0.318. The molecule has 6 nitrogen and oxygen atoms in total. The number of primary amides is 1. The summed E-state index contributed by atoms with van der Waals surface area (Å²) in [5, 5.41) is 3.11. The predicted octanol–water partition coefficient (Wildman–Crippen LogP) is -1.10. The Morgan fingerprint density at radius 2 is 2.21 bits per heavy atom. The number of amides is 2. The second-order valence-electron chi connectivity index (χ2n) is 3.24. The molecule has 1 saturated heterocycles. The third kappa shape index (κ3) is 2.88. The highest BCUT2D eigenvalue weighted by Gasteiger charge is 2.30. The molecule has 1 aliphatic heterocycles. The summed E-state index contributed by atoms with van der Waals surface area (Å²) in [7, 11) is 1.36. The van der Waals surface area contributed by atoms with Gasteiger partial charge in [-0.3, -0.25) is 4.79 Å². The van der Waals surface area contributed by atoms with Crippen molar-refractivity contribution in [3.63, 3.8) is 0 Å². The molecule has 1 fully saturated rings. The molecule has 0 unspecified atom stereocenters. The van der Waals surface area contributed by atoms with Gasteiger partial charge in [-0.15, -0.1) is 0 Å². The number of likely N-dealkylation sites (tertiary alicyclic amines) is 1. The van der Waals surface area contributed by atoms with Crippen LogP contribution in [0.4, 0.5) is 4.79 Å². The highest BCUT2D eigenvalue weighted by molar-refractivity contribution is 5.73. The number of nitrogens with zero attached hydrogens (tertiary/aromatic N) is 1. The van der Waals surface area contributed by atoms with E-state index in [0.717, 1.165) is 0 Å². The molecule has 3 N–H and O–H groups in total. The largest absolute Gasteiger partial charge is 0.453 e. The van der Waals surface area contributed by atoms with Crippen molar-refractivity contribution in [1.29, 1.82) is 0 Å². The first kappa shape index (κ1) is 10.8. The lowest BCUT2D eigenvalue weighted by Gasteiger charge is -2.38. The maximum absolute atomic E-state index is 10.9. The lowest BCUT2D eigenvalue weighted by Crippen LogP contribution is -2.60. The van der Waals surface area contributed by atoms with Gasteiger partial charge in [0, 0.05) is 32.1 Å². The molecule has 0 bridgehead atoms. The van der Waals surface area contributed by atoms with Crippen molar-refractivity contribution < 1.29 is 14.3 Å². The Morgan fingerprint density at radius 1 is 1.57 bits per heavy atom. The van der Waals surface area contributed by atoms with Gasteiger partial charge in [-0.2, -0.15) is 0 Å². The Hall–Kier alpha value is -1.30. The van der Waals surface area contributed by atoms with Crippen molar-refractivity contribution in [3.8, 4) is 0 Å². The number of nitrogens with two attached hydrogens (primary N) is 1. The van der Waals surface area contributed by atoms with Crippen LogP contribution in [0.1, 0.15) is 6.42 Å². The molecule has 1 heterocycles. The molecule has 0 spiro atoms. The molecule has 14 heavy (non-hydrogen) atoms. The number of hydrogen-bond donors (Lipinski definition) is 2. The first-order chi connectivity index (χ1) is 6.63. The van der Waals surface area contributed by atoms with Gasteiger partial charge in [0.15, 0.2) is 0 Å². The molecule has 80 valence electrons. The standard InChI is InChI=1S/C8H15N3O3/c1-14-8(13)11-4-6(5-11)10-3-2-7(9)12/h6,10H,2-5H2,1H3,(H2,9,12). The Balaban J connectivity index is 2.04. The molecular formula is C8H15N3O3. The highest BCUT2D eigenvalue weighted by Crippen LogP contribution is 2.08. The van der Waals surface area contributed by atoms with Crippen LogP contribution >= 0.6 is 0 Å². The molecule has 6 heteroatoms. The molecule has 0 aliphatic carbocycles. The first-order valence-corrected chi connectivity index (χ1v) is 4.48. The molecule has 0 saturated carbocycles. The van der Waals surface area contributed by atoms with E-state index in [2.05, 4.69) is 10.1 Å². The number of hydrogen-bond acceptors (Lipinski definition) is 4. The summed E-state index contributed by atoms with van der Waals surface area (Å²) in [4.78, 5) is 22.9. The molecular weight excluding hydrogens is 186 g/mol. The fourth-order valence-corrected chi connectivity index (χ4v) is 1.29. The van der Waals surface area contributed by atoms with Gasteiger partial charge in [0.1, 0.15) is 0 Å². The van der Waals surface area contributed by atoms with Gasteiger partial charge in [0.2, 0.25) is 5.91 Å². The second-order valence-corrected chi connectivity index (χ2v) is 3.24. The summed E-state index contributed by atoms with van der Waals surface area (Å²) >= 11 is 0. The summed E-state index contributed by atoms with van der Waals surface area (Å²) in [5.41, 5.74) is 4.97. The Kier molecular flexibility index (Phi) is 3.70. The summed E-state index contributed by atoms with van der Waals surface area (Å²) < 4.78 is 4.53. The van der Waals surface area contributed by atoms with E-state index in [4.69, 9.17) is 5.73 Å². The fourth-order valence-electron chi connectivity index (χ4n) is 1.29. The molecule has 0 atom stereocenters. The van der Waals surface area contributed by atoms with Gasteiger partial charge < -0.3 is 20.7 Å². The minimum Gasteiger partial charge on any atom is -0.453 e. The minimum absolute atomic E-state index is 0.258. The van der Waals surface area contributed by atoms with E-state index in [0.29, 0.717) is 26.1 Å². The van der Waals surface area contributed by atoms with Crippen LogP contribution in [0.2, 0.25) is 0 Å². The topological polar surface area (TPSA) is 84.7 Å². The second kappa shape index (κ2) is 4.80. The van der Waals surface area contributed by atoms with Gasteiger partial charge in [-0.1, -0.05) is 0 Å². The van der Waals surface area contributed by atoms with E-state index >= 15 is 0 Å². The van der Waals surface area contributed by atoms with Crippen molar-refractivity contribution in [1.82, 2.24) is 10.2 Å². The van der Waals surface area contributed by atoms with Crippen LogP contribution in [0.5, 0.6) is 0 Å². The Labute approximate surface area is 82.4 Å². The normalized spacial score (nSPS) is 16.2. The maximum atomic E-state index is 10.9. The smallest absolute Gasteiger partial charge is 0.409 e. The van der Waals surface area contributed by atoms with Gasteiger partial charge in [0.25, 0.3) is 0 Å². The average molecular weight is 201 g/mol. The van der Waals surface area contributed by atoms with Gasteiger partial charge >= 0.3 is 6.09 Å².